The number of fused-ring (bicyclic) bond motifs is 2. The van der Waals surface area contributed by atoms with Gasteiger partial charge in [0, 0.05) is 23.4 Å². The van der Waals surface area contributed by atoms with E-state index >= 15 is 0 Å². The number of rotatable bonds is 8. The number of para-hydroxylation sites is 1. The molecule has 40 heavy (non-hydrogen) atoms. The minimum Gasteiger partial charge on any atom is -0.497 e. The lowest BCUT2D eigenvalue weighted by molar-refractivity contribution is -0.128. The van der Waals surface area contributed by atoms with Gasteiger partial charge in [-0.1, -0.05) is 17.3 Å². The number of hydrogen-bond donors (Lipinski definition) is 1. The number of methoxy groups -OCH3 is 2. The van der Waals surface area contributed by atoms with Crippen molar-refractivity contribution in [1.29, 1.82) is 0 Å². The first kappa shape index (κ1) is 26.8. The standard InChI is InChI=1S/C29H31N5O6/c1-29(2,3)30-28(36)27(18-12-20(37-4)15-21(13-18)38-5)34(19-10-11-24-25(14-19)40-17-39-24)26(35)16-33-23-9-7-6-8-22(23)31-32-33/h6-15,27H,16-17H2,1-5H3,(H,30,36). The molecule has 0 bridgehead atoms. The molecule has 11 heteroatoms. The summed E-state index contributed by atoms with van der Waals surface area (Å²) in [5.41, 5.74) is 1.70. The molecule has 0 spiro atoms. The molecule has 1 aromatic heterocycles. The maximum atomic E-state index is 14.3. The summed E-state index contributed by atoms with van der Waals surface area (Å²) in [5.74, 6) is 1.19. The van der Waals surface area contributed by atoms with Gasteiger partial charge >= 0.3 is 0 Å². The van der Waals surface area contributed by atoms with Crippen molar-refractivity contribution in [2.45, 2.75) is 38.9 Å². The SMILES string of the molecule is COc1cc(OC)cc(C(C(=O)NC(C)(C)C)N(C(=O)Cn2nnc3ccccc32)c2ccc3c(c2)OCO3)c1. The average Bonchev–Trinajstić information content (AvgIpc) is 3.56. The maximum absolute atomic E-state index is 14.3. The zero-order chi connectivity index (χ0) is 28.4. The topological polar surface area (TPSA) is 117 Å². The first-order valence-corrected chi connectivity index (χ1v) is 12.7. The molecule has 0 saturated heterocycles. The van der Waals surface area contributed by atoms with Crippen molar-refractivity contribution in [2.75, 3.05) is 25.9 Å². The highest BCUT2D eigenvalue weighted by molar-refractivity contribution is 6.02. The van der Waals surface area contributed by atoms with Crippen LogP contribution in [0.25, 0.3) is 11.0 Å². The van der Waals surface area contributed by atoms with Gasteiger partial charge in [0.05, 0.1) is 19.7 Å². The quantitative estimate of drug-likeness (QED) is 0.355. The van der Waals surface area contributed by atoms with Crippen LogP contribution in [0, 0.1) is 0 Å². The largest absolute Gasteiger partial charge is 0.497 e. The van der Waals surface area contributed by atoms with Gasteiger partial charge in [-0.25, -0.2) is 4.68 Å². The van der Waals surface area contributed by atoms with Gasteiger partial charge in [-0.2, -0.15) is 0 Å². The highest BCUT2D eigenvalue weighted by Gasteiger charge is 2.36. The van der Waals surface area contributed by atoms with Crippen molar-refractivity contribution in [1.82, 2.24) is 20.3 Å². The van der Waals surface area contributed by atoms with Gasteiger partial charge in [0.2, 0.25) is 18.6 Å². The zero-order valence-corrected chi connectivity index (χ0v) is 23.0. The Bertz CT molecular complexity index is 1540. The third-order valence-electron chi connectivity index (χ3n) is 6.30. The molecule has 0 fully saturated rings. The Kier molecular flexibility index (Phi) is 7.20. The van der Waals surface area contributed by atoms with Crippen molar-refractivity contribution in [3.8, 4) is 23.0 Å². The number of nitrogens with one attached hydrogen (secondary N) is 1. The molecule has 3 aromatic carbocycles. The molecule has 2 heterocycles. The van der Waals surface area contributed by atoms with Gasteiger partial charge in [-0.05, 0) is 62.7 Å². The number of aromatic nitrogens is 3. The van der Waals surface area contributed by atoms with Crippen LogP contribution in [-0.2, 0) is 16.1 Å². The average molecular weight is 546 g/mol. The first-order valence-electron chi connectivity index (χ1n) is 12.7. The lowest BCUT2D eigenvalue weighted by Gasteiger charge is -2.34. The molecule has 11 nitrogen and oxygen atoms in total. The molecular formula is C29H31N5O6. The van der Waals surface area contributed by atoms with Gasteiger partial charge in [-0.15, -0.1) is 5.10 Å². The Morgan fingerprint density at radius 1 is 1.00 bits per heavy atom. The summed E-state index contributed by atoms with van der Waals surface area (Å²) in [6.45, 7) is 5.53. The number of carbonyl (C=O) groups excluding carboxylic acids is 2. The van der Waals surface area contributed by atoms with E-state index in [2.05, 4.69) is 15.6 Å². The van der Waals surface area contributed by atoms with E-state index in [1.165, 1.54) is 23.8 Å². The number of hydrogen-bond acceptors (Lipinski definition) is 8. The van der Waals surface area contributed by atoms with Crippen LogP contribution in [0.4, 0.5) is 5.69 Å². The van der Waals surface area contributed by atoms with Crippen molar-refractivity contribution < 1.29 is 28.5 Å². The Morgan fingerprint density at radius 3 is 2.40 bits per heavy atom. The lowest BCUT2D eigenvalue weighted by Crippen LogP contribution is -2.50. The van der Waals surface area contributed by atoms with Gasteiger partial charge in [0.1, 0.15) is 29.6 Å². The summed E-state index contributed by atoms with van der Waals surface area (Å²) in [7, 11) is 3.05. The summed E-state index contributed by atoms with van der Waals surface area (Å²) >= 11 is 0. The number of anilines is 1. The van der Waals surface area contributed by atoms with Crippen LogP contribution in [-0.4, -0.2) is 53.4 Å². The molecule has 1 unspecified atom stereocenters. The summed E-state index contributed by atoms with van der Waals surface area (Å²) < 4.78 is 23.6. The number of benzene rings is 3. The minimum absolute atomic E-state index is 0.0682. The number of nitrogens with zero attached hydrogens (tertiary/aromatic N) is 4. The maximum Gasteiger partial charge on any atom is 0.249 e. The minimum atomic E-state index is -1.11. The van der Waals surface area contributed by atoms with Crippen LogP contribution in [0.15, 0.2) is 60.7 Å². The fraction of sp³-hybridized carbons (Fsp3) is 0.310. The smallest absolute Gasteiger partial charge is 0.249 e. The molecule has 0 saturated carbocycles. The van der Waals surface area contributed by atoms with E-state index in [9.17, 15) is 9.59 Å². The molecule has 2 amide bonds. The number of ether oxygens (including phenoxy) is 4. The summed E-state index contributed by atoms with van der Waals surface area (Å²) in [5, 5.41) is 11.4. The van der Waals surface area contributed by atoms with Crippen molar-refractivity contribution in [3.63, 3.8) is 0 Å². The fourth-order valence-corrected chi connectivity index (χ4v) is 4.55. The lowest BCUT2D eigenvalue weighted by atomic mass is 10.00. The van der Waals surface area contributed by atoms with E-state index in [0.717, 1.165) is 0 Å². The van der Waals surface area contributed by atoms with Crippen molar-refractivity contribution in [3.05, 3.63) is 66.2 Å². The van der Waals surface area contributed by atoms with Crippen LogP contribution >= 0.6 is 0 Å². The fourth-order valence-electron chi connectivity index (χ4n) is 4.55. The predicted molar refractivity (Wildman–Crippen MR) is 148 cm³/mol. The molecule has 1 N–H and O–H groups in total. The van der Waals surface area contributed by atoms with Crippen LogP contribution in [0.5, 0.6) is 23.0 Å². The Balaban J connectivity index is 1.66. The number of carbonyl (C=O) groups is 2. The van der Waals surface area contributed by atoms with Crippen molar-refractivity contribution in [2.24, 2.45) is 0 Å². The molecule has 4 aromatic rings. The second-order valence-corrected chi connectivity index (χ2v) is 10.3. The van der Waals surface area contributed by atoms with Gasteiger partial charge < -0.3 is 24.3 Å². The van der Waals surface area contributed by atoms with Gasteiger partial charge in [0.25, 0.3) is 0 Å². The van der Waals surface area contributed by atoms with E-state index in [1.807, 2.05) is 45.0 Å². The third-order valence-corrected chi connectivity index (χ3v) is 6.30. The predicted octanol–water partition coefficient (Wildman–Crippen LogP) is 3.87. The van der Waals surface area contributed by atoms with Gasteiger partial charge in [0.15, 0.2) is 11.5 Å². The first-order chi connectivity index (χ1) is 19.2. The Morgan fingerprint density at radius 2 is 1.70 bits per heavy atom. The molecule has 0 aliphatic carbocycles. The molecule has 1 aliphatic rings. The molecular weight excluding hydrogens is 514 g/mol. The second-order valence-electron chi connectivity index (χ2n) is 10.3. The monoisotopic (exact) mass is 545 g/mol. The summed E-state index contributed by atoms with van der Waals surface area (Å²) in [6.07, 6.45) is 0. The van der Waals surface area contributed by atoms with E-state index in [1.54, 1.807) is 36.4 Å². The van der Waals surface area contributed by atoms with E-state index < -0.39 is 23.4 Å². The van der Waals surface area contributed by atoms with Crippen LogP contribution in [0.1, 0.15) is 32.4 Å². The van der Waals surface area contributed by atoms with Gasteiger partial charge in [-0.3, -0.25) is 14.5 Å². The second kappa shape index (κ2) is 10.8. The van der Waals surface area contributed by atoms with Crippen molar-refractivity contribution >= 4 is 28.5 Å². The molecule has 1 atom stereocenters. The van der Waals surface area contributed by atoms with Crippen LogP contribution < -0.4 is 29.2 Å². The normalized spacial score (nSPS) is 13.1. The van der Waals surface area contributed by atoms with E-state index in [0.29, 0.717) is 45.3 Å². The Labute approximate surface area is 231 Å². The van der Waals surface area contributed by atoms with E-state index in [4.69, 9.17) is 18.9 Å². The highest BCUT2D eigenvalue weighted by Crippen LogP contribution is 2.39. The zero-order valence-electron chi connectivity index (χ0n) is 23.0. The molecule has 1 aliphatic heterocycles. The van der Waals surface area contributed by atoms with Crippen LogP contribution in [0.3, 0.4) is 0 Å². The number of amides is 2. The van der Waals surface area contributed by atoms with E-state index in [-0.39, 0.29) is 13.3 Å². The Hall–Kier alpha value is -4.80. The molecule has 5 rings (SSSR count). The van der Waals surface area contributed by atoms with Crippen LogP contribution in [0.2, 0.25) is 0 Å². The summed E-state index contributed by atoms with van der Waals surface area (Å²) in [4.78, 5) is 29.8. The molecule has 0 radical (unpaired) electrons. The summed E-state index contributed by atoms with van der Waals surface area (Å²) in [6, 6.07) is 16.5. The third kappa shape index (κ3) is 5.49. The molecule has 208 valence electrons. The highest BCUT2D eigenvalue weighted by atomic mass is 16.7.